The van der Waals surface area contributed by atoms with E-state index >= 15 is 0 Å². The van der Waals surface area contributed by atoms with E-state index in [1.54, 1.807) is 0 Å². The van der Waals surface area contributed by atoms with Gasteiger partial charge in [0.05, 0.1) is 0 Å². The van der Waals surface area contributed by atoms with Crippen LogP contribution in [-0.4, -0.2) is 5.48 Å². The van der Waals surface area contributed by atoms with E-state index in [-0.39, 0.29) is 59.1 Å². The van der Waals surface area contributed by atoms with Gasteiger partial charge in [-0.1, -0.05) is 0 Å². The molecule has 0 aliphatic heterocycles. The van der Waals surface area contributed by atoms with Crippen LogP contribution in [-0.2, 0) is 53.6 Å². The van der Waals surface area contributed by atoms with Crippen LogP contribution in [0.1, 0.15) is 0 Å². The molecular formula is H2FeMnOZn. The van der Waals surface area contributed by atoms with Crippen molar-refractivity contribution >= 4 is 0 Å². The first kappa shape index (κ1) is 45.6. The third-order valence-electron chi connectivity index (χ3n) is 0. The Kier molecular flexibility index (Phi) is 263. The zero-order valence-corrected chi connectivity index (χ0v) is 7.19. The Morgan fingerprint density at radius 2 is 1.00 bits per heavy atom. The summed E-state index contributed by atoms with van der Waals surface area (Å²) in [4.78, 5) is 0. The van der Waals surface area contributed by atoms with Crippen LogP contribution in [0.15, 0.2) is 0 Å². The van der Waals surface area contributed by atoms with Crippen LogP contribution in [0.25, 0.3) is 0 Å². The fraction of sp³-hybridized carbons (Fsp3) is 0. The maximum Gasteiger partial charge on any atom is 0 e. The van der Waals surface area contributed by atoms with Gasteiger partial charge in [0.1, 0.15) is 0 Å². The molecule has 0 aliphatic rings. The Bertz CT molecular complexity index is 8.00. The summed E-state index contributed by atoms with van der Waals surface area (Å²) in [7, 11) is 0. The molecule has 0 aliphatic carbocycles. The van der Waals surface area contributed by atoms with Gasteiger partial charge >= 0.3 is 0 Å². The second-order valence-electron chi connectivity index (χ2n) is 0. The van der Waals surface area contributed by atoms with Crippen LogP contribution >= 0.6 is 0 Å². The SMILES string of the molecule is O.[Fe].[Mn].[Zn]. The van der Waals surface area contributed by atoms with E-state index in [9.17, 15) is 0 Å². The number of rotatable bonds is 0. The minimum absolute atomic E-state index is 0. The van der Waals surface area contributed by atoms with Gasteiger partial charge in [-0.05, 0) is 0 Å². The third kappa shape index (κ3) is 9.46. The molecule has 0 aromatic carbocycles. The normalized spacial score (nSPS) is 0. The molecule has 4 heteroatoms. The molecule has 0 atom stereocenters. The summed E-state index contributed by atoms with van der Waals surface area (Å²) in [5.41, 5.74) is 0. The summed E-state index contributed by atoms with van der Waals surface area (Å²) in [5, 5.41) is 0. The Hall–Kier alpha value is 1.62. The van der Waals surface area contributed by atoms with Crippen LogP contribution in [0.4, 0.5) is 0 Å². The van der Waals surface area contributed by atoms with Crippen molar-refractivity contribution in [3.63, 3.8) is 0 Å². The predicted molar refractivity (Wildman–Crippen MR) is 3.61 cm³/mol. The molecule has 0 aromatic rings. The van der Waals surface area contributed by atoms with E-state index in [2.05, 4.69) is 0 Å². The molecule has 0 amide bonds. The maximum atomic E-state index is 0. The monoisotopic (exact) mass is 193 g/mol. The van der Waals surface area contributed by atoms with Gasteiger partial charge in [0.2, 0.25) is 0 Å². The molecule has 0 rings (SSSR count). The summed E-state index contributed by atoms with van der Waals surface area (Å²) in [6.45, 7) is 0. The molecule has 0 saturated carbocycles. The van der Waals surface area contributed by atoms with E-state index in [0.717, 1.165) is 0 Å². The van der Waals surface area contributed by atoms with E-state index in [1.807, 2.05) is 0 Å². The van der Waals surface area contributed by atoms with Crippen molar-refractivity contribution in [1.29, 1.82) is 0 Å². The van der Waals surface area contributed by atoms with Gasteiger partial charge < -0.3 is 5.48 Å². The summed E-state index contributed by atoms with van der Waals surface area (Å²) in [6, 6.07) is 0. The smallest absolute Gasteiger partial charge is 0 e. The van der Waals surface area contributed by atoms with Gasteiger partial charge in [-0.15, -0.1) is 0 Å². The molecule has 0 spiro atoms. The quantitative estimate of drug-likeness (QED) is 0.451. The molecule has 0 bridgehead atoms. The summed E-state index contributed by atoms with van der Waals surface area (Å²) in [6.07, 6.45) is 0. The first-order valence-electron chi connectivity index (χ1n) is 0. The molecule has 0 saturated heterocycles. The van der Waals surface area contributed by atoms with E-state index in [1.165, 1.54) is 0 Å². The van der Waals surface area contributed by atoms with Crippen molar-refractivity contribution in [2.24, 2.45) is 0 Å². The molecular weight excluding hydrogens is 192 g/mol. The molecule has 1 nitrogen and oxygen atoms in total. The van der Waals surface area contributed by atoms with Gasteiger partial charge in [-0.25, -0.2) is 0 Å². The van der Waals surface area contributed by atoms with Crippen molar-refractivity contribution in [2.45, 2.75) is 0 Å². The van der Waals surface area contributed by atoms with E-state index in [4.69, 9.17) is 0 Å². The van der Waals surface area contributed by atoms with Crippen molar-refractivity contribution < 1.29 is 59.1 Å². The van der Waals surface area contributed by atoms with Crippen LogP contribution in [0.5, 0.6) is 0 Å². The second kappa shape index (κ2) is 23.0. The number of hydrogen-bond donors (Lipinski definition) is 0. The first-order valence-corrected chi connectivity index (χ1v) is 0. The molecule has 25 valence electrons. The molecule has 0 fully saturated rings. The topological polar surface area (TPSA) is 31.5 Å². The van der Waals surface area contributed by atoms with Crippen molar-refractivity contribution in [3.8, 4) is 0 Å². The van der Waals surface area contributed by atoms with Crippen molar-refractivity contribution in [2.75, 3.05) is 0 Å². The molecule has 0 heterocycles. The zero-order valence-electron chi connectivity index (χ0n) is 1.94. The van der Waals surface area contributed by atoms with Crippen LogP contribution in [0.3, 0.4) is 0 Å². The Labute approximate surface area is 58.9 Å². The Morgan fingerprint density at radius 3 is 1.00 bits per heavy atom. The molecule has 0 unspecified atom stereocenters. The van der Waals surface area contributed by atoms with Gasteiger partial charge in [0, 0.05) is 53.6 Å². The predicted octanol–water partition coefficient (Wildman–Crippen LogP) is -0.832. The van der Waals surface area contributed by atoms with Gasteiger partial charge in [0.25, 0.3) is 0 Å². The first-order chi connectivity index (χ1) is 0. The van der Waals surface area contributed by atoms with E-state index < -0.39 is 0 Å². The van der Waals surface area contributed by atoms with Crippen LogP contribution in [0.2, 0.25) is 0 Å². The van der Waals surface area contributed by atoms with Crippen LogP contribution < -0.4 is 0 Å². The molecule has 1 radical (unpaired) electrons. The minimum atomic E-state index is 0. The molecule has 4 heavy (non-hydrogen) atoms. The summed E-state index contributed by atoms with van der Waals surface area (Å²) < 4.78 is 0. The van der Waals surface area contributed by atoms with Gasteiger partial charge in [-0.2, -0.15) is 0 Å². The molecule has 2 N–H and O–H groups in total. The van der Waals surface area contributed by atoms with Crippen molar-refractivity contribution in [1.82, 2.24) is 0 Å². The fourth-order valence-electron chi connectivity index (χ4n) is 0. The Morgan fingerprint density at radius 1 is 1.00 bits per heavy atom. The average molecular weight is 194 g/mol. The zero-order chi connectivity index (χ0) is 0. The van der Waals surface area contributed by atoms with Crippen LogP contribution in [0, 0.1) is 0 Å². The number of hydrogen-bond acceptors (Lipinski definition) is 0. The summed E-state index contributed by atoms with van der Waals surface area (Å²) in [5.74, 6) is 0. The minimum Gasteiger partial charge on any atom is -0.412 e. The maximum absolute atomic E-state index is 0. The average Bonchev–Trinajstić information content (AvgIpc) is 0. The largest absolute Gasteiger partial charge is 0.412 e. The van der Waals surface area contributed by atoms with Gasteiger partial charge in [-0.3, -0.25) is 0 Å². The summed E-state index contributed by atoms with van der Waals surface area (Å²) >= 11 is 0. The third-order valence-corrected chi connectivity index (χ3v) is 0. The second-order valence-corrected chi connectivity index (χ2v) is 0. The fourth-order valence-corrected chi connectivity index (χ4v) is 0. The van der Waals surface area contributed by atoms with Gasteiger partial charge in [0.15, 0.2) is 0 Å². The standard InChI is InChI=1S/Fe.Mn.H2O.Zn/h;;1H2;. The molecule has 0 aromatic heterocycles. The van der Waals surface area contributed by atoms with Crippen molar-refractivity contribution in [3.05, 3.63) is 0 Å². The Balaban J connectivity index is 0. The van der Waals surface area contributed by atoms with E-state index in [0.29, 0.717) is 0 Å².